The molecule has 0 unspecified atom stereocenters. The second-order valence-corrected chi connectivity index (χ2v) is 5.48. The number of hydrogen-bond acceptors (Lipinski definition) is 2. The van der Waals surface area contributed by atoms with Crippen molar-refractivity contribution in [3.8, 4) is 0 Å². The molecule has 0 N–H and O–H groups in total. The SMILES string of the molecule is CC(=[C-]c1ccccc1[C-]=C(C)c1ccccn1)c1ccccn1.[Pt+2]. The van der Waals surface area contributed by atoms with Crippen LogP contribution in [0.15, 0.2) is 73.1 Å². The van der Waals surface area contributed by atoms with Crippen LogP contribution >= 0.6 is 0 Å². The van der Waals surface area contributed by atoms with E-state index in [9.17, 15) is 0 Å². The Hall–Kier alpha value is -2.31. The summed E-state index contributed by atoms with van der Waals surface area (Å²) >= 11 is 0. The number of benzene rings is 1. The molecule has 0 fully saturated rings. The summed E-state index contributed by atoms with van der Waals surface area (Å²) in [5.74, 6) is 0. The Morgan fingerprint density at radius 3 is 1.40 bits per heavy atom. The smallest absolute Gasteiger partial charge is 0.304 e. The van der Waals surface area contributed by atoms with Crippen LogP contribution in [0.4, 0.5) is 0 Å². The van der Waals surface area contributed by atoms with Crippen molar-refractivity contribution >= 4 is 11.1 Å². The van der Waals surface area contributed by atoms with Gasteiger partial charge in [-0.05, 0) is 23.5 Å². The van der Waals surface area contributed by atoms with E-state index in [0.717, 1.165) is 33.7 Å². The van der Waals surface area contributed by atoms with Crippen molar-refractivity contribution < 1.29 is 21.1 Å². The summed E-state index contributed by atoms with van der Waals surface area (Å²) in [6.07, 6.45) is 10.5. The third-order valence-electron chi connectivity index (χ3n) is 3.67. The Kier molecular flexibility index (Phi) is 7.03. The maximum Gasteiger partial charge on any atom is 2.00 e. The van der Waals surface area contributed by atoms with Crippen molar-refractivity contribution in [1.82, 2.24) is 9.97 Å². The Bertz CT molecular complexity index is 794. The molecule has 25 heavy (non-hydrogen) atoms. The third kappa shape index (κ3) is 5.08. The molecule has 0 aliphatic heterocycles. The third-order valence-corrected chi connectivity index (χ3v) is 3.67. The largest absolute Gasteiger partial charge is 2.00 e. The van der Waals surface area contributed by atoms with Crippen LogP contribution in [0, 0.1) is 12.2 Å². The van der Waals surface area contributed by atoms with Gasteiger partial charge in [0, 0.05) is 12.4 Å². The van der Waals surface area contributed by atoms with E-state index in [2.05, 4.69) is 22.1 Å². The topological polar surface area (TPSA) is 25.8 Å². The van der Waals surface area contributed by atoms with Crippen LogP contribution in [0.1, 0.15) is 36.4 Å². The molecule has 2 heterocycles. The van der Waals surface area contributed by atoms with Crippen LogP contribution in [0.2, 0.25) is 0 Å². The number of nitrogens with zero attached hydrogens (tertiary/aromatic N) is 2. The van der Waals surface area contributed by atoms with E-state index < -0.39 is 0 Å². The summed E-state index contributed by atoms with van der Waals surface area (Å²) in [5.41, 5.74) is 5.85. The zero-order valence-corrected chi connectivity index (χ0v) is 16.4. The standard InChI is InChI=1S/C22H18N2.Pt/c1-17(21-11-5-7-13-23-21)15-19-9-3-4-10-20(19)16-18(2)22-12-6-8-14-24-22;/h3-14H,1-2H3;/q-2;+2. The van der Waals surface area contributed by atoms with Gasteiger partial charge in [0.2, 0.25) is 0 Å². The normalized spacial score (nSPS) is 11.8. The fourth-order valence-electron chi connectivity index (χ4n) is 2.40. The summed E-state index contributed by atoms with van der Waals surface area (Å²) in [6, 6.07) is 19.9. The fourth-order valence-corrected chi connectivity index (χ4v) is 2.40. The van der Waals surface area contributed by atoms with Gasteiger partial charge in [-0.25, -0.2) is 11.1 Å². The van der Waals surface area contributed by atoms with Gasteiger partial charge in [0.1, 0.15) is 0 Å². The van der Waals surface area contributed by atoms with Gasteiger partial charge >= 0.3 is 21.1 Å². The van der Waals surface area contributed by atoms with Gasteiger partial charge in [-0.3, -0.25) is 0 Å². The first-order valence-corrected chi connectivity index (χ1v) is 7.87. The Morgan fingerprint density at radius 1 is 0.640 bits per heavy atom. The Balaban J connectivity index is 0.00000225. The molecular formula is C22H18N2Pt. The maximum atomic E-state index is 4.38. The van der Waals surface area contributed by atoms with Crippen LogP contribution in [0.3, 0.4) is 0 Å². The molecule has 3 heteroatoms. The minimum Gasteiger partial charge on any atom is -0.304 e. The van der Waals surface area contributed by atoms with Gasteiger partial charge in [-0.15, -0.1) is 23.3 Å². The van der Waals surface area contributed by atoms with Crippen molar-refractivity contribution in [1.29, 1.82) is 0 Å². The Labute approximate surface area is 163 Å². The molecule has 1 aromatic carbocycles. The zero-order chi connectivity index (χ0) is 16.8. The molecule has 0 bridgehead atoms. The maximum absolute atomic E-state index is 4.38. The van der Waals surface area contributed by atoms with E-state index in [4.69, 9.17) is 0 Å². The average molecular weight is 505 g/mol. The summed E-state index contributed by atoms with van der Waals surface area (Å²) in [4.78, 5) is 8.76. The zero-order valence-electron chi connectivity index (χ0n) is 14.1. The van der Waals surface area contributed by atoms with E-state index in [1.165, 1.54) is 0 Å². The molecule has 3 aromatic rings. The molecule has 2 nitrogen and oxygen atoms in total. The van der Waals surface area contributed by atoms with E-state index in [1.807, 2.05) is 74.5 Å². The molecule has 0 radical (unpaired) electrons. The number of aromatic nitrogens is 2. The number of allylic oxidation sites excluding steroid dienone is 2. The van der Waals surface area contributed by atoms with E-state index in [-0.39, 0.29) is 21.1 Å². The molecular weight excluding hydrogens is 487 g/mol. The molecule has 0 aliphatic rings. The number of rotatable bonds is 4. The van der Waals surface area contributed by atoms with Crippen LogP contribution in [0.5, 0.6) is 0 Å². The molecule has 0 amide bonds. The first-order valence-electron chi connectivity index (χ1n) is 7.87. The summed E-state index contributed by atoms with van der Waals surface area (Å²) < 4.78 is 0. The van der Waals surface area contributed by atoms with Crippen molar-refractivity contribution in [3.63, 3.8) is 0 Å². The van der Waals surface area contributed by atoms with Crippen LogP contribution in [0.25, 0.3) is 11.1 Å². The quantitative estimate of drug-likeness (QED) is 0.468. The summed E-state index contributed by atoms with van der Waals surface area (Å²) in [7, 11) is 0. The molecule has 0 saturated heterocycles. The fraction of sp³-hybridized carbons (Fsp3) is 0.0909. The van der Waals surface area contributed by atoms with Crippen molar-refractivity contribution in [2.24, 2.45) is 0 Å². The van der Waals surface area contributed by atoms with Crippen LogP contribution in [-0.2, 0) is 21.1 Å². The summed E-state index contributed by atoms with van der Waals surface area (Å²) in [6.45, 7) is 4.04. The number of pyridine rings is 2. The van der Waals surface area contributed by atoms with Gasteiger partial charge in [0.15, 0.2) is 0 Å². The van der Waals surface area contributed by atoms with Crippen LogP contribution in [-0.4, -0.2) is 9.97 Å². The molecule has 0 atom stereocenters. The van der Waals surface area contributed by atoms with Crippen molar-refractivity contribution in [3.05, 3.63) is 108 Å². The van der Waals surface area contributed by atoms with Gasteiger partial charge < -0.3 is 9.97 Å². The first kappa shape index (κ1) is 19.0. The first-order chi connectivity index (χ1) is 11.7. The van der Waals surface area contributed by atoms with E-state index in [1.54, 1.807) is 12.4 Å². The van der Waals surface area contributed by atoms with Crippen LogP contribution < -0.4 is 0 Å². The second kappa shape index (κ2) is 9.24. The molecule has 0 saturated carbocycles. The predicted molar refractivity (Wildman–Crippen MR) is 97.8 cm³/mol. The van der Waals surface area contributed by atoms with Gasteiger partial charge in [0.25, 0.3) is 0 Å². The van der Waals surface area contributed by atoms with Gasteiger partial charge in [-0.1, -0.05) is 38.1 Å². The molecule has 2 aromatic heterocycles. The van der Waals surface area contributed by atoms with E-state index >= 15 is 0 Å². The predicted octanol–water partition coefficient (Wildman–Crippen LogP) is 4.98. The van der Waals surface area contributed by atoms with E-state index in [0.29, 0.717) is 0 Å². The minimum absolute atomic E-state index is 0. The minimum atomic E-state index is 0. The molecule has 0 spiro atoms. The second-order valence-electron chi connectivity index (χ2n) is 5.48. The van der Waals surface area contributed by atoms with Crippen molar-refractivity contribution in [2.45, 2.75) is 13.8 Å². The number of hydrogen-bond donors (Lipinski definition) is 0. The average Bonchev–Trinajstić information content (AvgIpc) is 2.64. The Morgan fingerprint density at radius 2 is 1.04 bits per heavy atom. The van der Waals surface area contributed by atoms with Gasteiger partial charge in [-0.2, -0.15) is 24.3 Å². The summed E-state index contributed by atoms with van der Waals surface area (Å²) in [5, 5.41) is 0. The molecule has 3 rings (SSSR count). The monoisotopic (exact) mass is 505 g/mol. The molecule has 0 aliphatic carbocycles. The van der Waals surface area contributed by atoms with Gasteiger partial charge in [0.05, 0.1) is 0 Å². The van der Waals surface area contributed by atoms with Crippen molar-refractivity contribution in [2.75, 3.05) is 0 Å². The molecule has 126 valence electrons.